The molecule has 9 heteroatoms. The number of primary amides is 1. The molecular weight excluding hydrogens is 476 g/mol. The highest BCUT2D eigenvalue weighted by molar-refractivity contribution is 8.13. The summed E-state index contributed by atoms with van der Waals surface area (Å²) >= 11 is 1.07. The Bertz CT molecular complexity index is 1080. The maximum Gasteiger partial charge on any atom is 0.242 e. The normalized spacial score (nSPS) is 18.7. The lowest BCUT2D eigenvalue weighted by atomic mass is 9.93. The van der Waals surface area contributed by atoms with Crippen molar-refractivity contribution >= 4 is 45.5 Å². The van der Waals surface area contributed by atoms with E-state index in [0.29, 0.717) is 25.1 Å². The number of carbonyl (C=O) groups excluding carboxylic acids is 4. The van der Waals surface area contributed by atoms with Gasteiger partial charge in [0.25, 0.3) is 0 Å². The zero-order chi connectivity index (χ0) is 26.1. The molecule has 1 aliphatic heterocycles. The van der Waals surface area contributed by atoms with Crippen LogP contribution in [-0.4, -0.2) is 45.7 Å². The van der Waals surface area contributed by atoms with Gasteiger partial charge >= 0.3 is 0 Å². The number of aryl methyl sites for hydroxylation is 1. The Labute approximate surface area is 217 Å². The molecule has 4 N–H and O–H groups in total. The van der Waals surface area contributed by atoms with Crippen LogP contribution in [0.5, 0.6) is 0 Å². The molecule has 196 valence electrons. The van der Waals surface area contributed by atoms with E-state index in [-0.39, 0.29) is 29.3 Å². The van der Waals surface area contributed by atoms with E-state index in [1.54, 1.807) is 0 Å². The number of nitrogens with zero attached hydrogens (tertiary/aromatic N) is 1. The highest BCUT2D eigenvalue weighted by Gasteiger charge is 2.26. The minimum atomic E-state index is -0.690. The molecule has 8 nitrogen and oxygen atoms in total. The number of aromatic nitrogens is 1. The largest absolute Gasteiger partial charge is 0.369 e. The Morgan fingerprint density at radius 3 is 2.69 bits per heavy atom. The summed E-state index contributed by atoms with van der Waals surface area (Å²) in [7, 11) is 0. The lowest BCUT2D eigenvalue weighted by Crippen LogP contribution is -2.48. The summed E-state index contributed by atoms with van der Waals surface area (Å²) < 4.78 is 2.25. The standard InChI is InChI=1S/C27H38N4O4S/c1-18(13-21(26(28)34)17-36-19(2)32)14-25(33)30-23-15-20-16-31(24-10-6-5-9-22(20)24)12-8-4-3-7-11-29-27(23)35/h5-6,9-10,16,18,21,23H,3-4,7-8,11-15,17H2,1-2H3,(H2,28,34)(H,29,35)(H,30,33)/t18?,21?,23-/m0/s1. The molecule has 0 radical (unpaired) electrons. The van der Waals surface area contributed by atoms with Crippen LogP contribution in [0.2, 0.25) is 0 Å². The van der Waals surface area contributed by atoms with Gasteiger partial charge in [-0.25, -0.2) is 0 Å². The van der Waals surface area contributed by atoms with Crippen LogP contribution in [0.4, 0.5) is 0 Å². The predicted octanol–water partition coefficient (Wildman–Crippen LogP) is 3.16. The average Bonchev–Trinajstić information content (AvgIpc) is 3.17. The summed E-state index contributed by atoms with van der Waals surface area (Å²) in [5, 5.41) is 6.97. The number of para-hydroxylation sites is 1. The van der Waals surface area contributed by atoms with E-state index in [1.807, 2.05) is 19.1 Å². The Morgan fingerprint density at radius 1 is 1.19 bits per heavy atom. The van der Waals surface area contributed by atoms with Crippen molar-refractivity contribution in [2.75, 3.05) is 12.3 Å². The fourth-order valence-electron chi connectivity index (χ4n) is 4.82. The SMILES string of the molecule is CC(=O)SCC(CC(C)CC(=O)N[C@H]1Cc2cn(c3ccccc23)CCCCCCNC1=O)C(N)=O. The molecule has 0 saturated carbocycles. The molecular formula is C27H38N4O4S. The fraction of sp³-hybridized carbons (Fsp3) is 0.556. The van der Waals surface area contributed by atoms with Crippen LogP contribution in [0, 0.1) is 11.8 Å². The molecule has 1 aromatic carbocycles. The topological polar surface area (TPSA) is 123 Å². The monoisotopic (exact) mass is 514 g/mol. The van der Waals surface area contributed by atoms with Crippen LogP contribution in [-0.2, 0) is 32.1 Å². The number of rotatable bonds is 8. The van der Waals surface area contributed by atoms with Gasteiger partial charge in [-0.2, -0.15) is 0 Å². The quantitative estimate of drug-likeness (QED) is 0.499. The summed E-state index contributed by atoms with van der Waals surface area (Å²) in [4.78, 5) is 49.1. The summed E-state index contributed by atoms with van der Waals surface area (Å²) in [5.41, 5.74) is 7.69. The van der Waals surface area contributed by atoms with E-state index in [9.17, 15) is 19.2 Å². The zero-order valence-electron chi connectivity index (χ0n) is 21.3. The third-order valence-electron chi connectivity index (χ3n) is 6.68. The maximum absolute atomic E-state index is 13.1. The van der Waals surface area contributed by atoms with E-state index in [1.165, 1.54) is 6.92 Å². The minimum Gasteiger partial charge on any atom is -0.369 e. The van der Waals surface area contributed by atoms with Gasteiger partial charge in [0, 0.05) is 61.6 Å². The van der Waals surface area contributed by atoms with Gasteiger partial charge < -0.3 is 20.9 Å². The van der Waals surface area contributed by atoms with Crippen molar-refractivity contribution in [2.24, 2.45) is 17.6 Å². The molecule has 0 fully saturated rings. The van der Waals surface area contributed by atoms with Gasteiger partial charge in [0.1, 0.15) is 6.04 Å². The molecule has 0 spiro atoms. The maximum atomic E-state index is 13.1. The van der Waals surface area contributed by atoms with Crippen molar-refractivity contribution in [3.63, 3.8) is 0 Å². The van der Waals surface area contributed by atoms with Gasteiger partial charge in [-0.1, -0.05) is 49.7 Å². The van der Waals surface area contributed by atoms with Crippen LogP contribution in [0.15, 0.2) is 30.5 Å². The summed E-state index contributed by atoms with van der Waals surface area (Å²) in [5.74, 6) is -1.19. The Kier molecular flexibility index (Phi) is 10.4. The molecule has 1 aliphatic rings. The van der Waals surface area contributed by atoms with Crippen LogP contribution >= 0.6 is 11.8 Å². The van der Waals surface area contributed by atoms with Crippen molar-refractivity contribution in [2.45, 2.75) is 71.4 Å². The molecule has 2 unspecified atom stereocenters. The van der Waals surface area contributed by atoms with Crippen molar-refractivity contribution < 1.29 is 19.2 Å². The average molecular weight is 515 g/mol. The number of carbonyl (C=O) groups is 4. The third-order valence-corrected chi connectivity index (χ3v) is 7.66. The van der Waals surface area contributed by atoms with Gasteiger partial charge in [0.15, 0.2) is 5.12 Å². The first-order chi connectivity index (χ1) is 17.2. The number of fused-ring (bicyclic) bond motifs is 5. The third kappa shape index (κ3) is 8.11. The second-order valence-electron chi connectivity index (χ2n) is 9.84. The van der Waals surface area contributed by atoms with Crippen LogP contribution in [0.25, 0.3) is 10.9 Å². The molecule has 0 saturated heterocycles. The van der Waals surface area contributed by atoms with Gasteiger partial charge in [0.05, 0.1) is 0 Å². The number of nitrogens with one attached hydrogen (secondary N) is 2. The number of amides is 3. The first-order valence-electron chi connectivity index (χ1n) is 12.8. The molecule has 2 heterocycles. The van der Waals surface area contributed by atoms with Crippen LogP contribution in [0.1, 0.15) is 57.9 Å². The number of hydrogen-bond acceptors (Lipinski definition) is 5. The Balaban J connectivity index is 1.71. The van der Waals surface area contributed by atoms with Gasteiger partial charge in [-0.3, -0.25) is 19.2 Å². The molecule has 0 aliphatic carbocycles. The second-order valence-corrected chi connectivity index (χ2v) is 11.0. The Morgan fingerprint density at radius 2 is 1.94 bits per heavy atom. The molecule has 3 rings (SSSR count). The van der Waals surface area contributed by atoms with Crippen molar-refractivity contribution in [1.29, 1.82) is 0 Å². The number of benzene rings is 1. The number of hydrogen-bond donors (Lipinski definition) is 3. The van der Waals surface area contributed by atoms with E-state index in [2.05, 4.69) is 33.5 Å². The minimum absolute atomic E-state index is 0.0720. The van der Waals surface area contributed by atoms with Crippen LogP contribution < -0.4 is 16.4 Å². The molecule has 2 aromatic rings. The number of nitrogens with two attached hydrogens (primary N) is 1. The first-order valence-corrected chi connectivity index (χ1v) is 13.8. The zero-order valence-corrected chi connectivity index (χ0v) is 22.1. The van der Waals surface area contributed by atoms with E-state index < -0.39 is 17.9 Å². The smallest absolute Gasteiger partial charge is 0.242 e. The van der Waals surface area contributed by atoms with Gasteiger partial charge in [-0.15, -0.1) is 0 Å². The number of thioether (sulfide) groups is 1. The Hall–Kier alpha value is -2.81. The van der Waals surface area contributed by atoms with Crippen molar-refractivity contribution in [1.82, 2.24) is 15.2 Å². The molecule has 2 bridgehead atoms. The highest BCUT2D eigenvalue weighted by atomic mass is 32.2. The predicted molar refractivity (Wildman–Crippen MR) is 143 cm³/mol. The molecule has 3 amide bonds. The van der Waals surface area contributed by atoms with E-state index in [4.69, 9.17) is 5.73 Å². The van der Waals surface area contributed by atoms with E-state index in [0.717, 1.165) is 60.5 Å². The van der Waals surface area contributed by atoms with Gasteiger partial charge in [-0.05, 0) is 36.8 Å². The first kappa shape index (κ1) is 27.8. The van der Waals surface area contributed by atoms with Crippen molar-refractivity contribution in [3.05, 3.63) is 36.0 Å². The summed E-state index contributed by atoms with van der Waals surface area (Å²) in [6.45, 7) is 4.85. The highest BCUT2D eigenvalue weighted by Crippen LogP contribution is 2.24. The van der Waals surface area contributed by atoms with E-state index >= 15 is 0 Å². The van der Waals surface area contributed by atoms with Crippen molar-refractivity contribution in [3.8, 4) is 0 Å². The lowest BCUT2D eigenvalue weighted by molar-refractivity contribution is -0.129. The van der Waals surface area contributed by atoms with Gasteiger partial charge in [0.2, 0.25) is 17.7 Å². The molecule has 3 atom stereocenters. The molecule has 36 heavy (non-hydrogen) atoms. The lowest BCUT2D eigenvalue weighted by Gasteiger charge is -2.21. The molecule has 1 aromatic heterocycles. The summed E-state index contributed by atoms with van der Waals surface area (Å²) in [6, 6.07) is 7.49. The fourth-order valence-corrected chi connectivity index (χ4v) is 5.55. The summed E-state index contributed by atoms with van der Waals surface area (Å²) in [6.07, 6.45) is 7.24. The van der Waals surface area contributed by atoms with Crippen LogP contribution in [0.3, 0.4) is 0 Å². The second kappa shape index (κ2) is 13.5.